The van der Waals surface area contributed by atoms with Crippen LogP contribution in [0.1, 0.15) is 22.4 Å². The quantitative estimate of drug-likeness (QED) is 0.0344. The molecular formula is C39H37N11O3S2. The molecule has 0 saturated heterocycles. The van der Waals surface area contributed by atoms with Crippen molar-refractivity contribution >= 4 is 69.2 Å². The van der Waals surface area contributed by atoms with Crippen molar-refractivity contribution in [3.63, 3.8) is 0 Å². The van der Waals surface area contributed by atoms with Gasteiger partial charge >= 0.3 is 12.1 Å². The van der Waals surface area contributed by atoms with Crippen LogP contribution >= 0.6 is 23.1 Å². The molecular weight excluding hydrogens is 735 g/mol. The minimum atomic E-state index is -1.16. The number of aromatic nitrogens is 1. The molecule has 3 amide bonds. The summed E-state index contributed by atoms with van der Waals surface area (Å²) in [4.78, 5) is 46.3. The van der Waals surface area contributed by atoms with Gasteiger partial charge in [-0.3, -0.25) is 4.79 Å². The van der Waals surface area contributed by atoms with Gasteiger partial charge in [0.15, 0.2) is 17.3 Å². The maximum atomic E-state index is 13.5. The molecule has 278 valence electrons. The normalized spacial score (nSPS) is 14.2. The first-order chi connectivity index (χ1) is 26.9. The number of amidine groups is 1. The van der Waals surface area contributed by atoms with Crippen LogP contribution in [-0.2, 0) is 17.1 Å². The zero-order valence-electron chi connectivity index (χ0n) is 29.7. The highest BCUT2D eigenvalue weighted by Gasteiger charge is 2.31. The second kappa shape index (κ2) is 18.9. The minimum absolute atomic E-state index is 0.147. The number of ether oxygens (including phenoxy) is 1. The Kier molecular flexibility index (Phi) is 13.1. The number of benzodiazepines with no additional fused rings is 1. The van der Waals surface area contributed by atoms with Gasteiger partial charge in [-0.1, -0.05) is 78.9 Å². The average Bonchev–Trinajstić information content (AvgIpc) is 3.61. The summed E-state index contributed by atoms with van der Waals surface area (Å²) >= 11 is 3.06. The smallest absolute Gasteiger partial charge is 0.321 e. The lowest BCUT2D eigenvalue weighted by atomic mass is 10.0. The summed E-state index contributed by atoms with van der Waals surface area (Å²) in [5.41, 5.74) is 11.3. The summed E-state index contributed by atoms with van der Waals surface area (Å²) < 4.78 is 5.62. The summed E-state index contributed by atoms with van der Waals surface area (Å²) in [6, 6.07) is 33.0. The van der Waals surface area contributed by atoms with Gasteiger partial charge in [0.05, 0.1) is 30.2 Å². The van der Waals surface area contributed by atoms with Crippen LogP contribution in [0.2, 0.25) is 0 Å². The van der Waals surface area contributed by atoms with Crippen LogP contribution in [0, 0.1) is 11.5 Å². The number of hydrogen-bond acceptors (Lipinski definition) is 10. The van der Waals surface area contributed by atoms with E-state index in [4.69, 9.17) is 20.7 Å². The zero-order valence-corrected chi connectivity index (χ0v) is 31.3. The highest BCUT2D eigenvalue weighted by atomic mass is 32.2. The Balaban J connectivity index is 0.991. The Hall–Kier alpha value is -6.70. The van der Waals surface area contributed by atoms with Crippen molar-refractivity contribution < 1.29 is 14.3 Å². The van der Waals surface area contributed by atoms with Crippen LogP contribution in [0.15, 0.2) is 130 Å². The van der Waals surface area contributed by atoms with E-state index in [-0.39, 0.29) is 24.4 Å². The number of rotatable bonds is 12. The third kappa shape index (κ3) is 10.7. The monoisotopic (exact) mass is 771 g/mol. The second-order valence-corrected chi connectivity index (χ2v) is 13.8. The number of nitriles is 1. The lowest BCUT2D eigenvalue weighted by Crippen LogP contribution is -2.47. The Morgan fingerprint density at radius 2 is 1.76 bits per heavy atom. The molecule has 6 N–H and O–H groups in total. The predicted octanol–water partition coefficient (Wildman–Crippen LogP) is 5.77. The van der Waals surface area contributed by atoms with Crippen molar-refractivity contribution in [1.29, 1.82) is 5.26 Å². The molecule has 16 heteroatoms. The number of para-hydroxylation sites is 2. The number of nitrogens with zero attached hydrogens (tertiary/aromatic N) is 6. The first-order valence-electron chi connectivity index (χ1n) is 17.0. The van der Waals surface area contributed by atoms with Gasteiger partial charge in [-0.05, 0) is 35.9 Å². The molecule has 0 spiro atoms. The summed E-state index contributed by atoms with van der Waals surface area (Å²) in [7, 11) is 1.67. The fraction of sp³-hybridized carbons (Fsp3) is 0.154. The van der Waals surface area contributed by atoms with Crippen LogP contribution in [-0.4, -0.2) is 60.1 Å². The van der Waals surface area contributed by atoms with Crippen molar-refractivity contribution in [1.82, 2.24) is 15.6 Å². The van der Waals surface area contributed by atoms with Crippen molar-refractivity contribution in [2.24, 2.45) is 20.7 Å². The molecule has 6 rings (SSSR count). The van der Waals surface area contributed by atoms with Gasteiger partial charge in [-0.2, -0.15) is 17.0 Å². The molecule has 4 aromatic carbocycles. The minimum Gasteiger partial charge on any atom is -0.425 e. The molecule has 55 heavy (non-hydrogen) atoms. The molecule has 1 atom stereocenters. The van der Waals surface area contributed by atoms with E-state index in [0.29, 0.717) is 46.0 Å². The molecule has 0 bridgehead atoms. The fourth-order valence-corrected chi connectivity index (χ4v) is 6.92. The molecule has 0 saturated carbocycles. The molecule has 0 radical (unpaired) electrons. The third-order valence-electron chi connectivity index (χ3n) is 7.92. The maximum Gasteiger partial charge on any atom is 0.321 e. The number of likely N-dealkylation sites (N-methyl/N-ethyl adjacent to an activating group) is 1. The Morgan fingerprint density at radius 1 is 1.00 bits per heavy atom. The van der Waals surface area contributed by atoms with E-state index in [0.717, 1.165) is 22.4 Å². The number of urea groups is 1. The number of guanidine groups is 1. The van der Waals surface area contributed by atoms with E-state index in [1.54, 1.807) is 49.1 Å². The lowest BCUT2D eigenvalue weighted by molar-refractivity contribution is -0.119. The molecule has 1 aliphatic rings. The van der Waals surface area contributed by atoms with Gasteiger partial charge in [0, 0.05) is 40.7 Å². The second-order valence-electron chi connectivity index (χ2n) is 11.8. The summed E-state index contributed by atoms with van der Waals surface area (Å²) in [5.74, 6) is 1.77. The number of thioether (sulfide) groups is 1. The number of anilines is 3. The predicted molar refractivity (Wildman–Crippen MR) is 220 cm³/mol. The van der Waals surface area contributed by atoms with Gasteiger partial charge in [0.1, 0.15) is 5.75 Å². The Labute approximate surface area is 326 Å². The molecule has 1 aromatic heterocycles. The summed E-state index contributed by atoms with van der Waals surface area (Å²) in [5, 5.41) is 22.6. The van der Waals surface area contributed by atoms with Gasteiger partial charge in [0.2, 0.25) is 6.17 Å². The number of fused-ring (bicyclic) bond motifs is 1. The van der Waals surface area contributed by atoms with Crippen LogP contribution in [0.4, 0.5) is 21.3 Å². The summed E-state index contributed by atoms with van der Waals surface area (Å²) in [6.07, 6.45) is 0.689. The van der Waals surface area contributed by atoms with Gasteiger partial charge in [-0.15, -0.1) is 11.3 Å². The highest BCUT2D eigenvalue weighted by Crippen LogP contribution is 2.27. The molecule has 0 unspecified atom stereocenters. The molecule has 0 fully saturated rings. The molecule has 1 aliphatic heterocycles. The van der Waals surface area contributed by atoms with Crippen LogP contribution in [0.3, 0.4) is 0 Å². The average molecular weight is 772 g/mol. The number of aliphatic imine (C=N–C) groups is 3. The maximum absolute atomic E-state index is 13.5. The van der Waals surface area contributed by atoms with E-state index >= 15 is 0 Å². The summed E-state index contributed by atoms with van der Waals surface area (Å²) in [6.45, 7) is 0.699. The number of benzene rings is 4. The lowest BCUT2D eigenvalue weighted by Gasteiger charge is -2.21. The first kappa shape index (κ1) is 38.0. The highest BCUT2D eigenvalue weighted by molar-refractivity contribution is 7.98. The van der Waals surface area contributed by atoms with Crippen molar-refractivity contribution in [3.05, 3.63) is 137 Å². The van der Waals surface area contributed by atoms with Crippen molar-refractivity contribution in [2.75, 3.05) is 34.9 Å². The van der Waals surface area contributed by atoms with Crippen LogP contribution < -0.4 is 36.6 Å². The Morgan fingerprint density at radius 3 is 2.56 bits per heavy atom. The van der Waals surface area contributed by atoms with Crippen molar-refractivity contribution in [3.8, 4) is 11.9 Å². The Bertz CT molecular complexity index is 2240. The first-order valence-corrected chi connectivity index (χ1v) is 19.1. The number of thiazole rings is 1. The van der Waals surface area contributed by atoms with Gasteiger partial charge in [-0.25, -0.2) is 30.1 Å². The molecule has 0 aliphatic carbocycles. The number of nitrogens with two attached hydrogens (primary N) is 1. The van der Waals surface area contributed by atoms with Crippen molar-refractivity contribution in [2.45, 2.75) is 18.5 Å². The van der Waals surface area contributed by atoms with Gasteiger partial charge < -0.3 is 31.3 Å². The molecule has 2 heterocycles. The standard InChI is InChI=1S/C39H37N11O3S2/c1-50-32-18-9-8-17-31(32)33(27-12-4-2-5-13-27)47-34(35(50)51)48-37(52)45-28-14-10-11-26(21-28)22-43-36(41)49-39-46-29(24-55-39)23-54-20-19-42-38(44-25-40)53-30-15-6-3-7-16-30/h2-18,21,24,34H,19-20,22-23H2,1H3,(H,42,44)(H2,45,48,52)(H3,41,43,46,49)/t34-/m0/s1. The largest absolute Gasteiger partial charge is 0.425 e. The molecule has 14 nitrogen and oxygen atoms in total. The van der Waals surface area contributed by atoms with E-state index in [9.17, 15) is 9.59 Å². The SMILES string of the molecule is CN1C(=O)[C@H](NC(=O)Nc2cccc(CN=C(N)Nc3nc(CSCCN=C(NC#N)Oc4ccccc4)cs3)c2)N=C(c2ccccc2)c2ccccc21. The number of hydrogen-bond donors (Lipinski definition) is 5. The van der Waals surface area contributed by atoms with E-state index in [1.165, 1.54) is 16.2 Å². The van der Waals surface area contributed by atoms with E-state index < -0.39 is 12.2 Å². The zero-order chi connectivity index (χ0) is 38.4. The number of amides is 3. The fourth-order valence-electron chi connectivity index (χ4n) is 5.37. The van der Waals surface area contributed by atoms with Crippen LogP contribution in [0.5, 0.6) is 5.75 Å². The third-order valence-corrected chi connectivity index (χ3v) is 9.70. The number of carbonyl (C=O) groups is 2. The van der Waals surface area contributed by atoms with Crippen LogP contribution in [0.25, 0.3) is 0 Å². The molecule has 5 aromatic rings. The van der Waals surface area contributed by atoms with E-state index in [1.807, 2.05) is 90.4 Å². The topological polar surface area (TPSA) is 195 Å². The van der Waals surface area contributed by atoms with Gasteiger partial charge in [0.25, 0.3) is 5.91 Å². The van der Waals surface area contributed by atoms with E-state index in [2.05, 4.69) is 36.2 Å². The number of nitrogens with one attached hydrogen (secondary N) is 4. The number of carbonyl (C=O) groups excluding carboxylic acids is 2.